The summed E-state index contributed by atoms with van der Waals surface area (Å²) in [6, 6.07) is 122. The van der Waals surface area contributed by atoms with Gasteiger partial charge in [-0.15, -0.1) is 0 Å². The van der Waals surface area contributed by atoms with Crippen molar-refractivity contribution in [1.29, 1.82) is 0 Å². The number of benzene rings is 14. The summed E-state index contributed by atoms with van der Waals surface area (Å²) in [6.07, 6.45) is 13.0. The Hall–Kier alpha value is -13.0. The van der Waals surface area contributed by atoms with Crippen LogP contribution in [-0.4, -0.2) is 22.8 Å². The molecule has 8 nitrogen and oxygen atoms in total. The van der Waals surface area contributed by atoms with E-state index in [1.807, 2.05) is 0 Å². The number of aryl methyl sites for hydroxylation is 8. The van der Waals surface area contributed by atoms with E-state index in [1.165, 1.54) is 106 Å². The van der Waals surface area contributed by atoms with Crippen LogP contribution in [0.2, 0.25) is 0 Å². The molecular weight excluding hydrogens is 1510 g/mol. The molecule has 0 amide bonds. The van der Waals surface area contributed by atoms with Crippen molar-refractivity contribution in [3.05, 3.63) is 429 Å². The van der Waals surface area contributed by atoms with Crippen LogP contribution in [-0.2, 0) is 22.2 Å². The Kier molecular flexibility index (Phi) is 27.0. The zero-order chi connectivity index (χ0) is 86.2. The first kappa shape index (κ1) is 85.9. The van der Waals surface area contributed by atoms with Gasteiger partial charge in [0.15, 0.2) is 0 Å². The van der Waals surface area contributed by atoms with Gasteiger partial charge >= 0.3 is 0 Å². The molecule has 4 aliphatic heterocycles. The van der Waals surface area contributed by atoms with Gasteiger partial charge < -0.3 is 21.3 Å². The molecule has 0 saturated heterocycles. The van der Waals surface area contributed by atoms with Gasteiger partial charge in [0.05, 0.1) is 68.3 Å². The number of aliphatic imine (C=N–C) groups is 4. The first-order valence-corrected chi connectivity index (χ1v) is 45.1. The molecule has 4 N–H and O–H groups in total. The molecule has 0 bridgehead atoms. The standard InChI is InChI=1S/C36H32N2.C28H32N2.2C26H28N2/c1-2-3-26-36(32-24-22-30(23-25-32)28-14-8-5-9-15-28)35(37-33-16-10-11-17-34(33)38-36)31-20-18-29(19-21-31)27-12-6-4-7-13-27;1-6-7-16-28(24-14-10-20(3)11-15-24)27(23-12-8-19(2)9-13-23)29-25-17-21(4)22(5)18-26(25)30-28;1-4-5-16-26(22-14-10-7-11-15-22)25(21-12-8-6-9-13-21)27-23-17-19(2)20(3)18-24(23)28-26;1-4-5-18-26(22-16-12-20(3)13-17-22)25(21-14-10-19(2)11-15-21)27-23-8-6-7-9-24(23)28-26/h4-25,38H,2-3,26H2,1H3;8-15,17-18,30H,6-7,16H2,1-5H3;6-15,17-18,28H,4-5,16H2,1-3H3;6-17,28H,4-5,18H2,1-3H3. The zero-order valence-electron chi connectivity index (χ0n) is 74.6. The molecule has 4 aliphatic rings. The van der Waals surface area contributed by atoms with E-state index in [4.69, 9.17) is 20.0 Å². The SMILES string of the molecule is CCCCC1(c2ccc(-c3ccccc3)cc2)Nc2ccccc2N=C1c1ccc(-c2ccccc2)cc1.CCCCC1(c2ccc(C)cc2)Nc2cc(C)c(C)cc2N=C1c1ccc(C)cc1.CCCCC1(c2ccc(C)cc2)Nc2ccccc2N=C1c1ccc(C)cc1.CCCCC1(c2ccccc2)Nc2cc(C)c(C)cc2N=C1c1ccccc1. The van der Waals surface area contributed by atoms with Crippen molar-refractivity contribution in [3.63, 3.8) is 0 Å². The number of hydrogen-bond acceptors (Lipinski definition) is 8. The minimum Gasteiger partial charge on any atom is -0.369 e. The normalized spacial score (nSPS) is 17.5. The van der Waals surface area contributed by atoms with Gasteiger partial charge in [0.1, 0.15) is 22.2 Å². The molecule has 0 saturated carbocycles. The monoisotopic (exact) mass is 1620 g/mol. The van der Waals surface area contributed by atoms with Crippen LogP contribution in [0.5, 0.6) is 0 Å². The number of hydrogen-bond donors (Lipinski definition) is 4. The van der Waals surface area contributed by atoms with Gasteiger partial charge in [-0.1, -0.05) is 393 Å². The van der Waals surface area contributed by atoms with Crippen LogP contribution >= 0.6 is 0 Å². The molecule has 124 heavy (non-hydrogen) atoms. The lowest BCUT2D eigenvalue weighted by molar-refractivity contribution is 0.551. The Bertz CT molecular complexity index is 6080. The Balaban J connectivity index is 0.000000129. The lowest BCUT2D eigenvalue weighted by Crippen LogP contribution is -2.45. The predicted octanol–water partition coefficient (Wildman–Crippen LogP) is 31.1. The van der Waals surface area contributed by atoms with Crippen molar-refractivity contribution in [3.8, 4) is 22.3 Å². The number of rotatable bonds is 22. The fourth-order valence-electron chi connectivity index (χ4n) is 18.0. The van der Waals surface area contributed by atoms with Gasteiger partial charge in [-0.05, 0) is 219 Å². The molecule has 0 radical (unpaired) electrons. The topological polar surface area (TPSA) is 97.6 Å². The quantitative estimate of drug-likeness (QED) is 0.0543. The highest BCUT2D eigenvalue weighted by atomic mass is 15.1. The second-order valence-corrected chi connectivity index (χ2v) is 34.4. The number of para-hydroxylation sites is 4. The van der Waals surface area contributed by atoms with Crippen LogP contribution < -0.4 is 21.3 Å². The summed E-state index contributed by atoms with van der Waals surface area (Å²) >= 11 is 0. The molecular formula is C116H120N8. The number of fused-ring (bicyclic) bond motifs is 4. The van der Waals surface area contributed by atoms with E-state index in [0.717, 1.165) is 151 Å². The summed E-state index contributed by atoms with van der Waals surface area (Å²) in [5, 5.41) is 15.8. The number of unbranched alkanes of at least 4 members (excludes halogenated alkanes) is 4. The average molecular weight is 1630 g/mol. The van der Waals surface area contributed by atoms with Crippen molar-refractivity contribution in [2.45, 2.75) is 182 Å². The highest BCUT2D eigenvalue weighted by Crippen LogP contribution is 2.50. The fraction of sp³-hybridized carbons (Fsp3) is 0.241. The molecule has 0 spiro atoms. The number of nitrogens with zero attached hydrogens (tertiary/aromatic N) is 4. The van der Waals surface area contributed by atoms with E-state index < -0.39 is 5.54 Å². The third kappa shape index (κ3) is 18.6. The summed E-state index contributed by atoms with van der Waals surface area (Å²) < 4.78 is 0. The van der Waals surface area contributed by atoms with Crippen LogP contribution in [0.4, 0.5) is 45.5 Å². The van der Waals surface area contributed by atoms with Gasteiger partial charge in [0.2, 0.25) is 0 Å². The van der Waals surface area contributed by atoms with E-state index in [9.17, 15) is 0 Å². The van der Waals surface area contributed by atoms with Crippen LogP contribution in [0.25, 0.3) is 22.3 Å². The minimum atomic E-state index is -0.423. The van der Waals surface area contributed by atoms with E-state index in [0.29, 0.717) is 0 Å². The third-order valence-electron chi connectivity index (χ3n) is 25.4. The summed E-state index contributed by atoms with van der Waals surface area (Å²) in [7, 11) is 0. The molecule has 0 aromatic heterocycles. The molecule has 4 atom stereocenters. The van der Waals surface area contributed by atoms with E-state index in [2.05, 4.69) is 444 Å². The molecule has 8 heteroatoms. The summed E-state index contributed by atoms with van der Waals surface area (Å²) in [5.41, 5.74) is 36.4. The van der Waals surface area contributed by atoms with Crippen molar-refractivity contribution in [1.82, 2.24) is 0 Å². The van der Waals surface area contributed by atoms with E-state index in [-0.39, 0.29) is 16.6 Å². The highest BCUT2D eigenvalue weighted by Gasteiger charge is 2.46. The molecule has 14 aromatic carbocycles. The number of anilines is 4. The second kappa shape index (κ2) is 39.0. The van der Waals surface area contributed by atoms with Crippen molar-refractivity contribution < 1.29 is 0 Å². The number of nitrogens with one attached hydrogen (secondary N) is 4. The maximum atomic E-state index is 5.34. The molecule has 0 fully saturated rings. The van der Waals surface area contributed by atoms with Crippen molar-refractivity contribution >= 4 is 68.3 Å². The molecule has 4 heterocycles. The van der Waals surface area contributed by atoms with Gasteiger partial charge in [0, 0.05) is 0 Å². The van der Waals surface area contributed by atoms with Crippen LogP contribution in [0.15, 0.2) is 360 Å². The summed E-state index contributed by atoms with van der Waals surface area (Å²) in [6.45, 7) is 26.2. The van der Waals surface area contributed by atoms with Crippen LogP contribution in [0, 0.1) is 55.4 Å². The maximum absolute atomic E-state index is 5.34. The largest absolute Gasteiger partial charge is 0.369 e. The maximum Gasteiger partial charge on any atom is 0.106 e. The minimum absolute atomic E-state index is 0.326. The van der Waals surface area contributed by atoms with Crippen LogP contribution in [0.1, 0.15) is 194 Å². The molecule has 624 valence electrons. The molecule has 4 unspecified atom stereocenters. The second-order valence-electron chi connectivity index (χ2n) is 34.4. The van der Waals surface area contributed by atoms with Gasteiger partial charge in [-0.25, -0.2) is 20.0 Å². The third-order valence-corrected chi connectivity index (χ3v) is 25.4. The molecule has 0 aliphatic carbocycles. The Labute approximate surface area is 738 Å². The predicted molar refractivity (Wildman–Crippen MR) is 530 cm³/mol. The summed E-state index contributed by atoms with van der Waals surface area (Å²) in [5.74, 6) is 0. The van der Waals surface area contributed by atoms with Gasteiger partial charge in [0.25, 0.3) is 0 Å². The van der Waals surface area contributed by atoms with Gasteiger partial charge in [-0.2, -0.15) is 0 Å². The molecule has 14 aromatic rings. The fourth-order valence-corrected chi connectivity index (χ4v) is 18.0. The van der Waals surface area contributed by atoms with Gasteiger partial charge in [-0.3, -0.25) is 0 Å². The average Bonchev–Trinajstić information content (AvgIpc) is 0.754. The molecule has 18 rings (SSSR count). The Morgan fingerprint density at radius 3 is 0.750 bits per heavy atom. The van der Waals surface area contributed by atoms with Crippen LogP contribution in [0.3, 0.4) is 0 Å². The summed E-state index contributed by atoms with van der Waals surface area (Å²) in [4.78, 5) is 21.1. The Morgan fingerprint density at radius 1 is 0.202 bits per heavy atom. The first-order chi connectivity index (χ1) is 60.4. The zero-order valence-corrected chi connectivity index (χ0v) is 74.6. The van der Waals surface area contributed by atoms with E-state index >= 15 is 0 Å². The highest BCUT2D eigenvalue weighted by molar-refractivity contribution is 6.16. The first-order valence-electron chi connectivity index (χ1n) is 45.1. The van der Waals surface area contributed by atoms with Crippen molar-refractivity contribution in [2.24, 2.45) is 20.0 Å². The smallest absolute Gasteiger partial charge is 0.106 e. The lowest BCUT2D eigenvalue weighted by Gasteiger charge is -2.41. The Morgan fingerprint density at radius 2 is 0.419 bits per heavy atom. The van der Waals surface area contributed by atoms with Crippen molar-refractivity contribution in [2.75, 3.05) is 21.3 Å². The lowest BCUT2D eigenvalue weighted by atomic mass is 9.76. The van der Waals surface area contributed by atoms with E-state index in [1.54, 1.807) is 0 Å².